The van der Waals surface area contributed by atoms with E-state index in [1.807, 2.05) is 6.07 Å². The van der Waals surface area contributed by atoms with Crippen molar-refractivity contribution < 1.29 is 28.2 Å². The molecule has 0 radical (unpaired) electrons. The highest BCUT2D eigenvalue weighted by molar-refractivity contribution is 5.72. The topological polar surface area (TPSA) is 75.6 Å². The Kier molecular flexibility index (Phi) is 5.83. The van der Waals surface area contributed by atoms with Crippen molar-refractivity contribution in [1.29, 1.82) is 0 Å². The van der Waals surface area contributed by atoms with Gasteiger partial charge in [-0.15, -0.1) is 0 Å². The first-order chi connectivity index (χ1) is 11.5. The third kappa shape index (κ3) is 5.05. The van der Waals surface area contributed by atoms with Crippen molar-refractivity contribution in [2.45, 2.75) is 19.1 Å². The molecule has 0 aliphatic rings. The lowest BCUT2D eigenvalue weighted by Crippen LogP contribution is -2.31. The van der Waals surface area contributed by atoms with Crippen LogP contribution in [0.15, 0.2) is 48.5 Å². The Hall–Kier alpha value is -2.96. The highest BCUT2D eigenvalue weighted by atomic mass is 19.1. The van der Waals surface area contributed by atoms with Crippen molar-refractivity contribution in [2.75, 3.05) is 0 Å². The molecule has 0 aromatic heterocycles. The second-order valence-electron chi connectivity index (χ2n) is 5.02. The third-order valence-electron chi connectivity index (χ3n) is 3.22. The van der Waals surface area contributed by atoms with E-state index >= 15 is 0 Å². The molecule has 0 aliphatic carbocycles. The standard InChI is InChI=1S/C17H15F2NO4/c18-12-6-7-13(14(19)8-12)15(9-16(21)22)20-17(23)24-10-11-4-2-1-3-5-11/h1-8,15H,9-10H2,(H,20,23)(H,21,22)/t15-/m0/s1. The van der Waals surface area contributed by atoms with Gasteiger partial charge in [0.05, 0.1) is 12.5 Å². The summed E-state index contributed by atoms with van der Waals surface area (Å²) in [4.78, 5) is 22.8. The number of hydrogen-bond acceptors (Lipinski definition) is 3. The molecule has 24 heavy (non-hydrogen) atoms. The number of carbonyl (C=O) groups excluding carboxylic acids is 1. The fraction of sp³-hybridized carbons (Fsp3) is 0.176. The molecular formula is C17H15F2NO4. The Morgan fingerprint density at radius 1 is 1.12 bits per heavy atom. The minimum atomic E-state index is -1.24. The zero-order valence-corrected chi connectivity index (χ0v) is 12.5. The minimum Gasteiger partial charge on any atom is -0.481 e. The lowest BCUT2D eigenvalue weighted by Gasteiger charge is -2.18. The summed E-state index contributed by atoms with van der Waals surface area (Å²) in [6, 6.07) is 10.4. The van der Waals surface area contributed by atoms with Crippen LogP contribution in [0.1, 0.15) is 23.6 Å². The minimum absolute atomic E-state index is 0.0155. The van der Waals surface area contributed by atoms with Gasteiger partial charge in [0.15, 0.2) is 0 Å². The van der Waals surface area contributed by atoms with Gasteiger partial charge >= 0.3 is 12.1 Å². The highest BCUT2D eigenvalue weighted by Gasteiger charge is 2.22. The van der Waals surface area contributed by atoms with Gasteiger partial charge in [0, 0.05) is 11.6 Å². The largest absolute Gasteiger partial charge is 0.481 e. The first-order valence-corrected chi connectivity index (χ1v) is 7.09. The predicted molar refractivity (Wildman–Crippen MR) is 81.1 cm³/mol. The molecule has 1 amide bonds. The summed E-state index contributed by atoms with van der Waals surface area (Å²) in [7, 11) is 0. The maximum Gasteiger partial charge on any atom is 0.407 e. The molecule has 0 saturated heterocycles. The van der Waals surface area contributed by atoms with Gasteiger partial charge in [0.25, 0.3) is 0 Å². The van der Waals surface area contributed by atoms with Crippen molar-refractivity contribution in [1.82, 2.24) is 5.32 Å². The molecule has 1 atom stereocenters. The number of amides is 1. The van der Waals surface area contributed by atoms with Gasteiger partial charge in [-0.05, 0) is 11.6 Å². The molecule has 2 aromatic rings. The molecule has 7 heteroatoms. The van der Waals surface area contributed by atoms with Crippen molar-refractivity contribution in [3.8, 4) is 0 Å². The Labute approximate surface area is 136 Å². The molecule has 0 fully saturated rings. The molecule has 0 saturated carbocycles. The average molecular weight is 335 g/mol. The third-order valence-corrected chi connectivity index (χ3v) is 3.22. The van der Waals surface area contributed by atoms with E-state index < -0.39 is 36.2 Å². The first kappa shape index (κ1) is 17.4. The van der Waals surface area contributed by atoms with Crippen LogP contribution < -0.4 is 5.32 Å². The average Bonchev–Trinajstić information content (AvgIpc) is 2.53. The lowest BCUT2D eigenvalue weighted by atomic mass is 10.0. The normalized spacial score (nSPS) is 11.6. The monoisotopic (exact) mass is 335 g/mol. The van der Waals surface area contributed by atoms with E-state index in [9.17, 15) is 18.4 Å². The SMILES string of the molecule is O=C(O)C[C@H](NC(=O)OCc1ccccc1)c1ccc(F)cc1F. The van der Waals surface area contributed by atoms with Crippen LogP contribution in [0.5, 0.6) is 0 Å². The molecule has 0 spiro atoms. The number of alkyl carbamates (subject to hydrolysis) is 1. The van der Waals surface area contributed by atoms with Crippen molar-refractivity contribution in [3.63, 3.8) is 0 Å². The zero-order chi connectivity index (χ0) is 17.5. The van der Waals surface area contributed by atoms with E-state index in [0.29, 0.717) is 6.07 Å². The molecule has 5 nitrogen and oxygen atoms in total. The van der Waals surface area contributed by atoms with Crippen LogP contribution in [-0.2, 0) is 16.1 Å². The number of nitrogens with one attached hydrogen (secondary N) is 1. The van der Waals surface area contributed by atoms with Crippen molar-refractivity contribution >= 4 is 12.1 Å². The number of rotatable bonds is 6. The number of halogens is 2. The molecule has 2 rings (SSSR count). The van der Waals surface area contributed by atoms with Crippen LogP contribution in [0.3, 0.4) is 0 Å². The van der Waals surface area contributed by atoms with Gasteiger partial charge in [0.1, 0.15) is 18.2 Å². The number of carbonyl (C=O) groups is 2. The Morgan fingerprint density at radius 3 is 2.46 bits per heavy atom. The quantitative estimate of drug-likeness (QED) is 0.848. The summed E-state index contributed by atoms with van der Waals surface area (Å²) >= 11 is 0. The van der Waals surface area contributed by atoms with Crippen LogP contribution in [0.25, 0.3) is 0 Å². The van der Waals surface area contributed by atoms with Crippen molar-refractivity contribution in [2.24, 2.45) is 0 Å². The molecule has 2 N–H and O–H groups in total. The number of aliphatic carboxylic acids is 1. The van der Waals surface area contributed by atoms with Crippen LogP contribution in [-0.4, -0.2) is 17.2 Å². The van der Waals surface area contributed by atoms with Crippen LogP contribution in [0, 0.1) is 11.6 Å². The summed E-state index contributed by atoms with van der Waals surface area (Å²) in [6.45, 7) is -0.0155. The molecule has 0 unspecified atom stereocenters. The summed E-state index contributed by atoms with van der Waals surface area (Å²) in [5.74, 6) is -2.98. The van der Waals surface area contributed by atoms with Crippen LogP contribution in [0.2, 0.25) is 0 Å². The van der Waals surface area contributed by atoms with Gasteiger partial charge in [-0.2, -0.15) is 0 Å². The number of benzene rings is 2. The second-order valence-corrected chi connectivity index (χ2v) is 5.02. The van der Waals surface area contributed by atoms with E-state index in [-0.39, 0.29) is 12.2 Å². The maximum absolute atomic E-state index is 13.8. The Morgan fingerprint density at radius 2 is 1.83 bits per heavy atom. The zero-order valence-electron chi connectivity index (χ0n) is 12.5. The van der Waals surface area contributed by atoms with E-state index in [1.54, 1.807) is 24.3 Å². The number of ether oxygens (including phenoxy) is 1. The van der Waals surface area contributed by atoms with E-state index in [0.717, 1.165) is 17.7 Å². The number of carboxylic acid groups (broad SMARTS) is 1. The van der Waals surface area contributed by atoms with Gasteiger partial charge < -0.3 is 15.2 Å². The lowest BCUT2D eigenvalue weighted by molar-refractivity contribution is -0.137. The Balaban J connectivity index is 2.05. The smallest absolute Gasteiger partial charge is 0.407 e. The fourth-order valence-corrected chi connectivity index (χ4v) is 2.10. The summed E-state index contributed by atoms with van der Waals surface area (Å²) < 4.78 is 31.8. The summed E-state index contributed by atoms with van der Waals surface area (Å²) in [6.07, 6.45) is -1.46. The Bertz CT molecular complexity index is 722. The van der Waals surface area contributed by atoms with Gasteiger partial charge in [-0.25, -0.2) is 13.6 Å². The van der Waals surface area contributed by atoms with E-state index in [2.05, 4.69) is 5.32 Å². The van der Waals surface area contributed by atoms with Crippen molar-refractivity contribution in [3.05, 3.63) is 71.3 Å². The summed E-state index contributed by atoms with van der Waals surface area (Å²) in [5.41, 5.74) is 0.617. The van der Waals surface area contributed by atoms with Gasteiger partial charge in [-0.1, -0.05) is 36.4 Å². The van der Waals surface area contributed by atoms with E-state index in [4.69, 9.17) is 9.84 Å². The second kappa shape index (κ2) is 8.05. The van der Waals surface area contributed by atoms with Gasteiger partial charge in [0.2, 0.25) is 0 Å². The molecule has 0 aliphatic heterocycles. The molecule has 0 bridgehead atoms. The number of hydrogen-bond donors (Lipinski definition) is 2. The molecule has 0 heterocycles. The first-order valence-electron chi connectivity index (χ1n) is 7.09. The van der Waals surface area contributed by atoms with Gasteiger partial charge in [-0.3, -0.25) is 4.79 Å². The number of carboxylic acids is 1. The fourth-order valence-electron chi connectivity index (χ4n) is 2.10. The highest BCUT2D eigenvalue weighted by Crippen LogP contribution is 2.21. The molecule has 2 aromatic carbocycles. The predicted octanol–water partition coefficient (Wildman–Crippen LogP) is 3.41. The molecule has 126 valence electrons. The van der Waals surface area contributed by atoms with Crippen LogP contribution in [0.4, 0.5) is 13.6 Å². The van der Waals surface area contributed by atoms with Crippen LogP contribution >= 0.6 is 0 Å². The summed E-state index contributed by atoms with van der Waals surface area (Å²) in [5, 5.41) is 11.2. The molecular weight excluding hydrogens is 320 g/mol. The maximum atomic E-state index is 13.8. The van der Waals surface area contributed by atoms with E-state index in [1.165, 1.54) is 0 Å².